The van der Waals surface area contributed by atoms with E-state index >= 15 is 0 Å². The molecule has 0 radical (unpaired) electrons. The number of methoxy groups -OCH3 is 2. The van der Waals surface area contributed by atoms with Crippen molar-refractivity contribution in [1.82, 2.24) is 15.0 Å². The quantitative estimate of drug-likeness (QED) is 0.350. The van der Waals surface area contributed by atoms with Crippen molar-refractivity contribution >= 4 is 28.4 Å². The van der Waals surface area contributed by atoms with Crippen molar-refractivity contribution in [1.29, 1.82) is 5.26 Å². The standard InChI is InChI=1S/C28H28N6O4/c1-35-17-19-6-7-22(30-16-19)18-38-24-9-8-21(14-25(24)36-2)31-27-28(34-10-12-37-13-11-34)33-26-20(15-29)4-3-5-23(26)32-27/h3-9,14,16H,10-13,17-18H2,1-2H3,(H,31,32). The Hall–Kier alpha value is -4.46. The highest BCUT2D eigenvalue weighted by Crippen LogP contribution is 2.34. The molecule has 1 N–H and O–H groups in total. The summed E-state index contributed by atoms with van der Waals surface area (Å²) < 4.78 is 22.3. The fourth-order valence-corrected chi connectivity index (χ4v) is 4.18. The fourth-order valence-electron chi connectivity index (χ4n) is 4.18. The maximum atomic E-state index is 9.57. The normalized spacial score (nSPS) is 13.2. The van der Waals surface area contributed by atoms with Crippen molar-refractivity contribution in [2.45, 2.75) is 13.2 Å². The van der Waals surface area contributed by atoms with Gasteiger partial charge in [-0.15, -0.1) is 0 Å². The smallest absolute Gasteiger partial charge is 0.174 e. The van der Waals surface area contributed by atoms with Crippen LogP contribution in [0.4, 0.5) is 17.3 Å². The number of ether oxygens (including phenoxy) is 4. The summed E-state index contributed by atoms with van der Waals surface area (Å²) in [6.07, 6.45) is 1.78. The summed E-state index contributed by atoms with van der Waals surface area (Å²) in [7, 11) is 3.25. The number of nitrogens with one attached hydrogen (secondary N) is 1. The van der Waals surface area contributed by atoms with E-state index in [9.17, 15) is 5.26 Å². The van der Waals surface area contributed by atoms with E-state index in [1.165, 1.54) is 0 Å². The van der Waals surface area contributed by atoms with E-state index in [0.717, 1.165) is 16.9 Å². The number of morpholine rings is 1. The van der Waals surface area contributed by atoms with Crippen LogP contribution in [0, 0.1) is 11.3 Å². The zero-order chi connectivity index (χ0) is 26.3. The molecular weight excluding hydrogens is 484 g/mol. The number of hydrogen-bond donors (Lipinski definition) is 1. The molecule has 10 heteroatoms. The minimum absolute atomic E-state index is 0.301. The maximum absolute atomic E-state index is 9.57. The molecule has 4 aromatic rings. The molecule has 1 aliphatic heterocycles. The summed E-state index contributed by atoms with van der Waals surface area (Å²) in [5.41, 5.74) is 4.26. The Morgan fingerprint density at radius 3 is 2.63 bits per heavy atom. The van der Waals surface area contributed by atoms with Crippen molar-refractivity contribution in [3.63, 3.8) is 0 Å². The highest BCUT2D eigenvalue weighted by Gasteiger charge is 2.20. The van der Waals surface area contributed by atoms with Gasteiger partial charge in [0.1, 0.15) is 18.2 Å². The SMILES string of the molecule is COCc1ccc(COc2ccc(Nc3nc4cccc(C#N)c4nc3N3CCOCC3)cc2OC)nc1. The highest BCUT2D eigenvalue weighted by atomic mass is 16.5. The van der Waals surface area contributed by atoms with Gasteiger partial charge in [-0.3, -0.25) is 4.98 Å². The summed E-state index contributed by atoms with van der Waals surface area (Å²) in [6.45, 7) is 3.38. The zero-order valence-electron chi connectivity index (χ0n) is 21.3. The van der Waals surface area contributed by atoms with Gasteiger partial charge in [-0.05, 0) is 35.9 Å². The molecule has 2 aromatic heterocycles. The van der Waals surface area contributed by atoms with Crippen LogP contribution >= 0.6 is 0 Å². The zero-order valence-corrected chi connectivity index (χ0v) is 21.3. The van der Waals surface area contributed by atoms with E-state index in [2.05, 4.69) is 21.3 Å². The Balaban J connectivity index is 1.40. The van der Waals surface area contributed by atoms with Gasteiger partial charge in [0.2, 0.25) is 0 Å². The lowest BCUT2D eigenvalue weighted by atomic mass is 10.2. The molecule has 10 nitrogen and oxygen atoms in total. The number of pyridine rings is 1. The Morgan fingerprint density at radius 1 is 1.03 bits per heavy atom. The molecule has 194 valence electrons. The number of aromatic nitrogens is 3. The van der Waals surface area contributed by atoms with Crippen LogP contribution in [0.5, 0.6) is 11.5 Å². The molecule has 1 aliphatic rings. The van der Waals surface area contributed by atoms with Crippen molar-refractivity contribution in [3.05, 3.63) is 71.5 Å². The van der Waals surface area contributed by atoms with E-state index in [4.69, 9.17) is 28.9 Å². The number of fused-ring (bicyclic) bond motifs is 1. The third kappa shape index (κ3) is 5.59. The Labute approximate surface area is 220 Å². The third-order valence-electron chi connectivity index (χ3n) is 6.11. The van der Waals surface area contributed by atoms with Crippen LogP contribution in [0.2, 0.25) is 0 Å². The van der Waals surface area contributed by atoms with Gasteiger partial charge >= 0.3 is 0 Å². The molecular formula is C28H28N6O4. The van der Waals surface area contributed by atoms with Crippen molar-refractivity contribution in [3.8, 4) is 17.6 Å². The lowest BCUT2D eigenvalue weighted by molar-refractivity contribution is 0.122. The second kappa shape index (κ2) is 11.7. The Morgan fingerprint density at radius 2 is 1.89 bits per heavy atom. The number of anilines is 3. The summed E-state index contributed by atoms with van der Waals surface area (Å²) in [5, 5.41) is 13.0. The topological polar surface area (TPSA) is 115 Å². The number of benzene rings is 2. The van der Waals surface area contributed by atoms with Gasteiger partial charge in [0.05, 0.1) is 43.7 Å². The molecule has 0 amide bonds. The first-order valence-electron chi connectivity index (χ1n) is 12.2. The summed E-state index contributed by atoms with van der Waals surface area (Å²) >= 11 is 0. The molecule has 0 bridgehead atoms. The second-order valence-electron chi connectivity index (χ2n) is 8.65. The lowest BCUT2D eigenvalue weighted by Gasteiger charge is -2.29. The first-order chi connectivity index (χ1) is 18.7. The van der Waals surface area contributed by atoms with E-state index in [1.807, 2.05) is 42.5 Å². The van der Waals surface area contributed by atoms with E-state index in [0.29, 0.717) is 79.2 Å². The molecule has 2 aromatic carbocycles. The number of rotatable bonds is 9. The molecule has 3 heterocycles. The van der Waals surface area contributed by atoms with Crippen molar-refractivity contribution in [2.24, 2.45) is 0 Å². The third-order valence-corrected chi connectivity index (χ3v) is 6.11. The molecule has 1 fully saturated rings. The van der Waals surface area contributed by atoms with Crippen LogP contribution in [0.15, 0.2) is 54.7 Å². The average Bonchev–Trinajstić information content (AvgIpc) is 2.97. The van der Waals surface area contributed by atoms with Gasteiger partial charge in [0.15, 0.2) is 23.1 Å². The average molecular weight is 513 g/mol. The molecule has 0 aliphatic carbocycles. The second-order valence-corrected chi connectivity index (χ2v) is 8.65. The molecule has 0 unspecified atom stereocenters. The first-order valence-corrected chi connectivity index (χ1v) is 12.2. The van der Waals surface area contributed by atoms with Gasteiger partial charge in [0, 0.05) is 38.1 Å². The van der Waals surface area contributed by atoms with Crippen LogP contribution < -0.4 is 19.7 Å². The van der Waals surface area contributed by atoms with Gasteiger partial charge in [-0.1, -0.05) is 12.1 Å². The van der Waals surface area contributed by atoms with E-state index in [-0.39, 0.29) is 0 Å². The van der Waals surface area contributed by atoms with Crippen LogP contribution in [-0.2, 0) is 22.7 Å². The molecule has 0 atom stereocenters. The molecule has 1 saturated heterocycles. The minimum Gasteiger partial charge on any atom is -0.493 e. The number of para-hydroxylation sites is 1. The Kier molecular flexibility index (Phi) is 7.78. The van der Waals surface area contributed by atoms with Gasteiger partial charge in [-0.2, -0.15) is 5.26 Å². The van der Waals surface area contributed by atoms with Gasteiger partial charge in [-0.25, -0.2) is 9.97 Å². The summed E-state index contributed by atoms with van der Waals surface area (Å²) in [6, 6.07) is 17.1. The number of nitrogens with zero attached hydrogens (tertiary/aromatic N) is 5. The predicted octanol–water partition coefficient (Wildman–Crippen LogP) is 4.21. The molecule has 0 spiro atoms. The van der Waals surface area contributed by atoms with Crippen LogP contribution in [0.25, 0.3) is 11.0 Å². The highest BCUT2D eigenvalue weighted by molar-refractivity contribution is 5.86. The van der Waals surface area contributed by atoms with E-state index < -0.39 is 0 Å². The first kappa shape index (κ1) is 25.2. The molecule has 0 saturated carbocycles. The van der Waals surface area contributed by atoms with Gasteiger partial charge < -0.3 is 29.2 Å². The Bertz CT molecular complexity index is 1450. The maximum Gasteiger partial charge on any atom is 0.174 e. The molecule has 5 rings (SSSR count). The number of nitriles is 1. The van der Waals surface area contributed by atoms with Gasteiger partial charge in [0.25, 0.3) is 0 Å². The van der Waals surface area contributed by atoms with Crippen molar-refractivity contribution < 1.29 is 18.9 Å². The predicted molar refractivity (Wildman–Crippen MR) is 143 cm³/mol. The summed E-state index contributed by atoms with van der Waals surface area (Å²) in [4.78, 5) is 16.2. The van der Waals surface area contributed by atoms with Crippen LogP contribution in [0.3, 0.4) is 0 Å². The van der Waals surface area contributed by atoms with E-state index in [1.54, 1.807) is 26.5 Å². The van der Waals surface area contributed by atoms with Crippen LogP contribution in [-0.4, -0.2) is 55.5 Å². The summed E-state index contributed by atoms with van der Waals surface area (Å²) in [5.74, 6) is 2.42. The van der Waals surface area contributed by atoms with Crippen LogP contribution in [0.1, 0.15) is 16.8 Å². The fraction of sp³-hybridized carbons (Fsp3) is 0.286. The monoisotopic (exact) mass is 512 g/mol. The lowest BCUT2D eigenvalue weighted by Crippen LogP contribution is -2.37. The minimum atomic E-state index is 0.301. The van der Waals surface area contributed by atoms with Crippen molar-refractivity contribution in [2.75, 3.05) is 50.7 Å². The molecule has 38 heavy (non-hydrogen) atoms. The number of hydrogen-bond acceptors (Lipinski definition) is 10. The largest absolute Gasteiger partial charge is 0.493 e.